The first-order chi connectivity index (χ1) is 4.45. The summed E-state index contributed by atoms with van der Waals surface area (Å²) < 4.78 is 5.41. The molecule has 1 rings (SSSR count). The summed E-state index contributed by atoms with van der Waals surface area (Å²) in [5.74, 6) is -0.324. The summed E-state index contributed by atoms with van der Waals surface area (Å²) in [4.78, 5) is 10.8. The Kier molecular flexibility index (Phi) is 1.98. The van der Waals surface area contributed by atoms with Crippen LogP contribution in [0.5, 0.6) is 0 Å². The lowest BCUT2D eigenvalue weighted by Gasteiger charge is -2.16. The van der Waals surface area contributed by atoms with Crippen molar-refractivity contribution in [2.24, 2.45) is 0 Å². The first kappa shape index (κ1) is 8.33. The molecule has 0 amide bonds. The zero-order chi connectivity index (χ0) is 7.94. The number of rotatable bonds is 0. The van der Waals surface area contributed by atoms with Crippen LogP contribution < -0.4 is 0 Å². The van der Waals surface area contributed by atoms with Gasteiger partial charge in [0.05, 0.1) is 5.03 Å². The third-order valence-corrected chi connectivity index (χ3v) is 3.19. The molecule has 1 aliphatic heterocycles. The molecule has 0 spiro atoms. The van der Waals surface area contributed by atoms with Gasteiger partial charge in [0.2, 0.25) is 0 Å². The molecule has 0 aromatic carbocycles. The number of carbonyl (C=O) groups is 1. The van der Waals surface area contributed by atoms with Gasteiger partial charge in [-0.1, -0.05) is 11.6 Å². The zero-order valence-electron chi connectivity index (χ0n) is 5.57. The SMILES string of the molecule is CC1(C)OC(=O)C(I)=C1Cl. The van der Waals surface area contributed by atoms with Crippen LogP contribution in [0.15, 0.2) is 8.61 Å². The minimum atomic E-state index is -0.616. The lowest BCUT2D eigenvalue weighted by atomic mass is 10.1. The van der Waals surface area contributed by atoms with Gasteiger partial charge in [-0.25, -0.2) is 4.79 Å². The molecule has 0 unspecified atom stereocenters. The van der Waals surface area contributed by atoms with E-state index in [9.17, 15) is 4.79 Å². The van der Waals surface area contributed by atoms with E-state index in [0.717, 1.165) is 0 Å². The first-order valence-electron chi connectivity index (χ1n) is 2.74. The predicted molar refractivity (Wildman–Crippen MR) is 47.1 cm³/mol. The van der Waals surface area contributed by atoms with Crippen molar-refractivity contribution in [3.05, 3.63) is 8.61 Å². The van der Waals surface area contributed by atoms with E-state index < -0.39 is 5.60 Å². The van der Waals surface area contributed by atoms with Crippen LogP contribution in [-0.2, 0) is 9.53 Å². The molecule has 0 aromatic heterocycles. The van der Waals surface area contributed by atoms with Crippen LogP contribution in [0.4, 0.5) is 0 Å². The van der Waals surface area contributed by atoms with Gasteiger partial charge in [-0.2, -0.15) is 0 Å². The van der Waals surface area contributed by atoms with Crippen molar-refractivity contribution in [1.29, 1.82) is 0 Å². The third-order valence-electron chi connectivity index (χ3n) is 1.25. The summed E-state index contributed by atoms with van der Waals surface area (Å²) in [7, 11) is 0. The van der Waals surface area contributed by atoms with Crippen molar-refractivity contribution < 1.29 is 9.53 Å². The summed E-state index contributed by atoms with van der Waals surface area (Å²) in [6.07, 6.45) is 0. The summed E-state index contributed by atoms with van der Waals surface area (Å²) in [6, 6.07) is 0. The molecule has 2 nitrogen and oxygen atoms in total. The van der Waals surface area contributed by atoms with E-state index in [1.807, 2.05) is 22.6 Å². The van der Waals surface area contributed by atoms with Gasteiger partial charge < -0.3 is 4.74 Å². The molecular formula is C6H6ClIO2. The van der Waals surface area contributed by atoms with Crippen molar-refractivity contribution in [2.75, 3.05) is 0 Å². The Morgan fingerprint density at radius 3 is 2.20 bits per heavy atom. The Morgan fingerprint density at radius 1 is 1.60 bits per heavy atom. The maximum Gasteiger partial charge on any atom is 0.346 e. The highest BCUT2D eigenvalue weighted by Crippen LogP contribution is 2.37. The lowest BCUT2D eigenvalue weighted by molar-refractivity contribution is -0.143. The highest BCUT2D eigenvalue weighted by Gasteiger charge is 2.38. The van der Waals surface area contributed by atoms with Crippen LogP contribution in [0.25, 0.3) is 0 Å². The molecule has 0 N–H and O–H groups in total. The summed E-state index contributed by atoms with van der Waals surface area (Å²) in [5.41, 5.74) is -0.616. The molecule has 0 fully saturated rings. The maximum absolute atomic E-state index is 10.8. The first-order valence-corrected chi connectivity index (χ1v) is 4.20. The molecule has 0 saturated heterocycles. The average molecular weight is 272 g/mol. The van der Waals surface area contributed by atoms with Crippen LogP contribution in [0, 0.1) is 0 Å². The molecule has 0 saturated carbocycles. The van der Waals surface area contributed by atoms with Gasteiger partial charge in [0.15, 0.2) is 0 Å². The van der Waals surface area contributed by atoms with Crippen molar-refractivity contribution in [1.82, 2.24) is 0 Å². The molecule has 1 aliphatic rings. The average Bonchev–Trinajstić information content (AvgIpc) is 1.95. The number of hydrogen-bond acceptors (Lipinski definition) is 2. The number of hydrogen-bond donors (Lipinski definition) is 0. The van der Waals surface area contributed by atoms with Gasteiger partial charge in [-0.05, 0) is 36.4 Å². The molecule has 0 atom stereocenters. The minimum Gasteiger partial charge on any atom is -0.450 e. The number of esters is 1. The highest BCUT2D eigenvalue weighted by atomic mass is 127. The second-order valence-corrected chi connectivity index (χ2v) is 3.98. The number of cyclic esters (lactones) is 1. The fraction of sp³-hybridized carbons (Fsp3) is 0.500. The molecule has 10 heavy (non-hydrogen) atoms. The molecular weight excluding hydrogens is 266 g/mol. The van der Waals surface area contributed by atoms with E-state index in [2.05, 4.69) is 0 Å². The maximum atomic E-state index is 10.8. The van der Waals surface area contributed by atoms with Gasteiger partial charge in [-0.15, -0.1) is 0 Å². The molecule has 0 bridgehead atoms. The van der Waals surface area contributed by atoms with Crippen molar-refractivity contribution in [2.45, 2.75) is 19.4 Å². The van der Waals surface area contributed by atoms with E-state index in [0.29, 0.717) is 8.61 Å². The monoisotopic (exact) mass is 272 g/mol. The van der Waals surface area contributed by atoms with Crippen molar-refractivity contribution in [3.63, 3.8) is 0 Å². The fourth-order valence-electron chi connectivity index (χ4n) is 0.675. The lowest BCUT2D eigenvalue weighted by Crippen LogP contribution is -2.20. The van der Waals surface area contributed by atoms with Crippen LogP contribution in [0.1, 0.15) is 13.8 Å². The minimum absolute atomic E-state index is 0.324. The summed E-state index contributed by atoms with van der Waals surface area (Å²) in [5, 5.41) is 0.498. The quantitative estimate of drug-likeness (QED) is 0.499. The van der Waals surface area contributed by atoms with Crippen LogP contribution in [-0.4, -0.2) is 11.6 Å². The fourth-order valence-corrected chi connectivity index (χ4v) is 1.55. The molecule has 4 heteroatoms. The Hall–Kier alpha value is 0.230. The topological polar surface area (TPSA) is 26.3 Å². The van der Waals surface area contributed by atoms with Gasteiger partial charge in [0.25, 0.3) is 0 Å². The van der Waals surface area contributed by atoms with Gasteiger partial charge >= 0.3 is 5.97 Å². The number of carbonyl (C=O) groups excluding carboxylic acids is 1. The Labute approximate surface area is 77.7 Å². The van der Waals surface area contributed by atoms with Gasteiger partial charge in [0.1, 0.15) is 9.18 Å². The van der Waals surface area contributed by atoms with Crippen LogP contribution in [0.3, 0.4) is 0 Å². The van der Waals surface area contributed by atoms with E-state index in [4.69, 9.17) is 16.3 Å². The Balaban J connectivity index is 3.06. The molecule has 0 aromatic rings. The van der Waals surface area contributed by atoms with Crippen molar-refractivity contribution >= 4 is 40.2 Å². The molecule has 1 heterocycles. The number of halogens is 2. The Morgan fingerprint density at radius 2 is 2.10 bits per heavy atom. The third kappa shape index (κ3) is 1.16. The van der Waals surface area contributed by atoms with E-state index in [1.165, 1.54) is 0 Å². The standard InChI is InChI=1S/C6H6ClIO2/c1-6(2)4(7)3(8)5(9)10-6/h1-2H3. The molecule has 56 valence electrons. The molecule has 0 radical (unpaired) electrons. The smallest absolute Gasteiger partial charge is 0.346 e. The normalized spacial score (nSPS) is 23.4. The van der Waals surface area contributed by atoms with Crippen LogP contribution in [0.2, 0.25) is 0 Å². The second-order valence-electron chi connectivity index (χ2n) is 2.53. The van der Waals surface area contributed by atoms with E-state index in [1.54, 1.807) is 13.8 Å². The largest absolute Gasteiger partial charge is 0.450 e. The van der Waals surface area contributed by atoms with E-state index in [-0.39, 0.29) is 5.97 Å². The van der Waals surface area contributed by atoms with Crippen molar-refractivity contribution in [3.8, 4) is 0 Å². The van der Waals surface area contributed by atoms with Gasteiger partial charge in [0, 0.05) is 0 Å². The highest BCUT2D eigenvalue weighted by molar-refractivity contribution is 14.1. The predicted octanol–water partition coefficient (Wildman–Crippen LogP) is 2.21. The zero-order valence-corrected chi connectivity index (χ0v) is 8.49. The summed E-state index contributed by atoms with van der Waals surface area (Å²) in [6.45, 7) is 3.53. The number of ether oxygens (including phenoxy) is 1. The second kappa shape index (κ2) is 2.37. The van der Waals surface area contributed by atoms with E-state index >= 15 is 0 Å². The van der Waals surface area contributed by atoms with Crippen LogP contribution >= 0.6 is 34.2 Å². The molecule has 0 aliphatic carbocycles. The Bertz CT molecular complexity index is 220. The van der Waals surface area contributed by atoms with Gasteiger partial charge in [-0.3, -0.25) is 0 Å². The summed E-state index contributed by atoms with van der Waals surface area (Å²) >= 11 is 7.66.